The van der Waals surface area contributed by atoms with Crippen molar-refractivity contribution < 1.29 is 13.9 Å². The van der Waals surface area contributed by atoms with Crippen LogP contribution >= 0.6 is 11.6 Å². The molecule has 2 aromatic rings. The van der Waals surface area contributed by atoms with Gasteiger partial charge in [-0.05, 0) is 11.6 Å². The van der Waals surface area contributed by atoms with E-state index in [1.165, 1.54) is 17.3 Å². The molecule has 2 rings (SSSR count). The molecule has 0 aliphatic heterocycles. The molecule has 11 heteroatoms. The normalized spacial score (nSPS) is 12.7. The molecule has 0 aromatic carbocycles. The van der Waals surface area contributed by atoms with Gasteiger partial charge in [-0.15, -0.1) is 0 Å². The lowest BCUT2D eigenvalue weighted by atomic mass is 10.4. The van der Waals surface area contributed by atoms with Gasteiger partial charge in [-0.2, -0.15) is 24.7 Å². The van der Waals surface area contributed by atoms with Crippen LogP contribution in [0.4, 0.5) is 14.7 Å². The molecule has 2 N–H and O–H groups in total. The van der Waals surface area contributed by atoms with Crippen LogP contribution in [0.5, 0.6) is 0 Å². The Labute approximate surface area is 110 Å². The Balaban J connectivity index is 2.13. The Hall–Kier alpha value is -1.94. The summed E-state index contributed by atoms with van der Waals surface area (Å²) in [7, 11) is 0. The number of aliphatic hydroxyl groups is 1. The summed E-state index contributed by atoms with van der Waals surface area (Å²) in [6.07, 6.45) is -2.08. The van der Waals surface area contributed by atoms with Gasteiger partial charge in [0, 0.05) is 6.54 Å². The SMILES string of the molecule is OC(CNc1nc(Cl)nc(-n2cncn2)n1)C(F)F. The van der Waals surface area contributed by atoms with E-state index in [0.29, 0.717) is 0 Å². The zero-order valence-electron chi connectivity index (χ0n) is 9.28. The summed E-state index contributed by atoms with van der Waals surface area (Å²) in [6, 6.07) is 0. The van der Waals surface area contributed by atoms with Gasteiger partial charge in [-0.25, -0.2) is 13.8 Å². The van der Waals surface area contributed by atoms with Gasteiger partial charge in [0.05, 0.1) is 0 Å². The number of halogens is 3. The third kappa shape index (κ3) is 3.51. The van der Waals surface area contributed by atoms with Crippen LogP contribution in [0.15, 0.2) is 12.7 Å². The number of anilines is 1. The monoisotopic (exact) mass is 291 g/mol. The highest BCUT2D eigenvalue weighted by atomic mass is 35.5. The van der Waals surface area contributed by atoms with E-state index in [9.17, 15) is 8.78 Å². The Kier molecular flexibility index (Phi) is 4.12. The smallest absolute Gasteiger partial charge is 0.265 e. The number of nitrogens with zero attached hydrogens (tertiary/aromatic N) is 6. The van der Waals surface area contributed by atoms with Gasteiger partial charge in [0.1, 0.15) is 18.8 Å². The topological polar surface area (TPSA) is 102 Å². The van der Waals surface area contributed by atoms with Gasteiger partial charge in [0.25, 0.3) is 12.4 Å². The van der Waals surface area contributed by atoms with Crippen molar-refractivity contribution in [1.82, 2.24) is 29.7 Å². The maximum absolute atomic E-state index is 12.1. The highest BCUT2D eigenvalue weighted by Crippen LogP contribution is 2.09. The zero-order chi connectivity index (χ0) is 13.8. The molecule has 0 aliphatic carbocycles. The molecule has 2 heterocycles. The highest BCUT2D eigenvalue weighted by Gasteiger charge is 2.17. The number of hydrogen-bond donors (Lipinski definition) is 2. The number of nitrogens with one attached hydrogen (secondary N) is 1. The minimum Gasteiger partial charge on any atom is -0.385 e. The van der Waals surface area contributed by atoms with Crippen LogP contribution in [0.2, 0.25) is 5.28 Å². The summed E-state index contributed by atoms with van der Waals surface area (Å²) in [5, 5.41) is 15.0. The second-order valence-corrected chi connectivity index (χ2v) is 3.69. The van der Waals surface area contributed by atoms with Crippen LogP contribution in [0, 0.1) is 0 Å². The van der Waals surface area contributed by atoms with Crippen LogP contribution in [-0.4, -0.2) is 53.9 Å². The van der Waals surface area contributed by atoms with Gasteiger partial charge in [-0.1, -0.05) is 0 Å². The third-order valence-electron chi connectivity index (χ3n) is 1.98. The highest BCUT2D eigenvalue weighted by molar-refractivity contribution is 6.28. The van der Waals surface area contributed by atoms with Crippen molar-refractivity contribution in [1.29, 1.82) is 0 Å². The first kappa shape index (κ1) is 13.5. The van der Waals surface area contributed by atoms with Gasteiger partial charge in [0.2, 0.25) is 11.2 Å². The zero-order valence-corrected chi connectivity index (χ0v) is 10.0. The van der Waals surface area contributed by atoms with Gasteiger partial charge >= 0.3 is 0 Å². The van der Waals surface area contributed by atoms with Gasteiger partial charge in [0.15, 0.2) is 0 Å². The van der Waals surface area contributed by atoms with Crippen LogP contribution in [-0.2, 0) is 0 Å². The van der Waals surface area contributed by atoms with Gasteiger partial charge < -0.3 is 10.4 Å². The molecule has 0 aliphatic rings. The fourth-order valence-electron chi connectivity index (χ4n) is 1.12. The summed E-state index contributed by atoms with van der Waals surface area (Å²) in [5.41, 5.74) is 0. The predicted molar refractivity (Wildman–Crippen MR) is 60.3 cm³/mol. The standard InChI is InChI=1S/C8H8ClF2N7O/c9-6-15-7(13-1-4(19)5(10)11)17-8(16-6)18-3-12-2-14-18/h2-5,19H,1H2,(H,13,15,16,17). The van der Waals surface area contributed by atoms with Crippen molar-refractivity contribution in [2.24, 2.45) is 0 Å². The van der Waals surface area contributed by atoms with Crippen LogP contribution in [0.1, 0.15) is 0 Å². The van der Waals surface area contributed by atoms with Crippen molar-refractivity contribution in [3.8, 4) is 5.95 Å². The fraction of sp³-hybridized carbons (Fsp3) is 0.375. The van der Waals surface area contributed by atoms with Crippen LogP contribution < -0.4 is 5.32 Å². The van der Waals surface area contributed by atoms with E-state index in [2.05, 4.69) is 30.4 Å². The maximum atomic E-state index is 12.1. The summed E-state index contributed by atoms with van der Waals surface area (Å²) >= 11 is 5.67. The minimum absolute atomic E-state index is 0.0507. The van der Waals surface area contributed by atoms with E-state index in [-0.39, 0.29) is 17.2 Å². The molecular weight excluding hydrogens is 284 g/mol. The Bertz CT molecular complexity index is 538. The number of aromatic nitrogens is 6. The number of alkyl halides is 2. The first-order valence-corrected chi connectivity index (χ1v) is 5.40. The summed E-state index contributed by atoms with van der Waals surface area (Å²) in [6.45, 7) is -0.422. The Morgan fingerprint density at radius 1 is 1.37 bits per heavy atom. The van der Waals surface area contributed by atoms with E-state index in [1.54, 1.807) is 0 Å². The number of aliphatic hydroxyl groups excluding tert-OH is 1. The first-order valence-electron chi connectivity index (χ1n) is 5.03. The molecule has 102 valence electrons. The lowest BCUT2D eigenvalue weighted by Crippen LogP contribution is -2.27. The van der Waals surface area contributed by atoms with Crippen molar-refractivity contribution in [2.45, 2.75) is 12.5 Å². The number of hydrogen-bond acceptors (Lipinski definition) is 7. The molecule has 19 heavy (non-hydrogen) atoms. The molecule has 0 bridgehead atoms. The molecule has 2 aromatic heterocycles. The summed E-state index contributed by atoms with van der Waals surface area (Å²) in [5.74, 6) is 0.0248. The third-order valence-corrected chi connectivity index (χ3v) is 2.15. The lowest BCUT2D eigenvalue weighted by molar-refractivity contribution is 0.00376. The lowest BCUT2D eigenvalue weighted by Gasteiger charge is -2.10. The van der Waals surface area contributed by atoms with Crippen molar-refractivity contribution in [3.05, 3.63) is 17.9 Å². The molecule has 0 fully saturated rings. The summed E-state index contributed by atoms with van der Waals surface area (Å²) in [4.78, 5) is 15.1. The second-order valence-electron chi connectivity index (χ2n) is 3.35. The fourth-order valence-corrected chi connectivity index (χ4v) is 1.27. The maximum Gasteiger partial charge on any atom is 0.265 e. The molecule has 0 amide bonds. The minimum atomic E-state index is -2.86. The van der Waals surface area contributed by atoms with E-state index in [0.717, 1.165) is 0 Å². The molecule has 1 atom stereocenters. The Morgan fingerprint density at radius 3 is 2.79 bits per heavy atom. The molecular formula is C8H8ClF2N7O. The molecule has 0 saturated heterocycles. The van der Waals surface area contributed by atoms with E-state index in [4.69, 9.17) is 16.7 Å². The molecule has 0 spiro atoms. The molecule has 0 radical (unpaired) electrons. The Morgan fingerprint density at radius 2 is 2.16 bits per heavy atom. The predicted octanol–water partition coefficient (Wildman–Crippen LogP) is 0.144. The van der Waals surface area contributed by atoms with Crippen molar-refractivity contribution in [2.75, 3.05) is 11.9 Å². The van der Waals surface area contributed by atoms with E-state index < -0.39 is 19.1 Å². The first-order chi connectivity index (χ1) is 9.06. The molecule has 8 nitrogen and oxygen atoms in total. The summed E-state index contributed by atoms with van der Waals surface area (Å²) < 4.78 is 25.5. The quantitative estimate of drug-likeness (QED) is 0.808. The molecule has 0 saturated carbocycles. The van der Waals surface area contributed by atoms with E-state index >= 15 is 0 Å². The number of rotatable bonds is 5. The second kappa shape index (κ2) is 5.80. The average molecular weight is 292 g/mol. The van der Waals surface area contributed by atoms with Gasteiger partial charge in [-0.3, -0.25) is 0 Å². The average Bonchev–Trinajstić information content (AvgIpc) is 2.89. The van der Waals surface area contributed by atoms with Crippen molar-refractivity contribution in [3.63, 3.8) is 0 Å². The van der Waals surface area contributed by atoms with Crippen LogP contribution in [0.3, 0.4) is 0 Å². The largest absolute Gasteiger partial charge is 0.385 e. The van der Waals surface area contributed by atoms with Crippen LogP contribution in [0.25, 0.3) is 5.95 Å². The van der Waals surface area contributed by atoms with E-state index in [1.807, 2.05) is 0 Å². The van der Waals surface area contributed by atoms with Crippen molar-refractivity contribution >= 4 is 17.5 Å². The molecule has 1 unspecified atom stereocenters.